The molecule has 4 heteroatoms. The van der Waals surface area contributed by atoms with Crippen LogP contribution in [0.3, 0.4) is 0 Å². The van der Waals surface area contributed by atoms with Gasteiger partial charge >= 0.3 is 5.97 Å². The van der Waals surface area contributed by atoms with Gasteiger partial charge in [0.25, 0.3) is 0 Å². The number of aliphatic carboxylic acids is 1. The van der Waals surface area contributed by atoms with Crippen LogP contribution in [0.15, 0.2) is 6.20 Å². The Morgan fingerprint density at radius 2 is 2.14 bits per heavy atom. The van der Waals surface area contributed by atoms with Crippen molar-refractivity contribution in [1.82, 2.24) is 9.55 Å². The molecule has 0 aromatic carbocycles. The fourth-order valence-corrected chi connectivity index (χ4v) is 1.44. The van der Waals surface area contributed by atoms with Gasteiger partial charge in [0.05, 0.1) is 0 Å². The van der Waals surface area contributed by atoms with Crippen LogP contribution in [-0.2, 0) is 23.7 Å². The van der Waals surface area contributed by atoms with Crippen molar-refractivity contribution in [2.45, 2.75) is 32.6 Å². The second-order valence-corrected chi connectivity index (χ2v) is 4.44. The lowest BCUT2D eigenvalue weighted by Crippen LogP contribution is -2.17. The number of carboxylic acid groups (broad SMARTS) is 1. The zero-order valence-electron chi connectivity index (χ0n) is 9.03. The Bertz CT molecular complexity index is 347. The van der Waals surface area contributed by atoms with Crippen molar-refractivity contribution in [2.24, 2.45) is 7.05 Å². The minimum atomic E-state index is -0.848. The molecule has 0 fully saturated rings. The van der Waals surface area contributed by atoms with Crippen LogP contribution in [0.4, 0.5) is 0 Å². The number of nitrogens with zero attached hydrogens (tertiary/aromatic N) is 2. The summed E-state index contributed by atoms with van der Waals surface area (Å²) in [5, 5.41) is 8.65. The summed E-state index contributed by atoms with van der Waals surface area (Å²) in [5.74, 6) is -0.249. The van der Waals surface area contributed by atoms with E-state index in [0.717, 1.165) is 5.69 Å². The highest BCUT2D eigenvalue weighted by Crippen LogP contribution is 2.22. The monoisotopic (exact) mass is 196 g/mol. The topological polar surface area (TPSA) is 55.1 Å². The molecule has 14 heavy (non-hydrogen) atoms. The lowest BCUT2D eigenvalue weighted by atomic mass is 9.93. The summed E-state index contributed by atoms with van der Waals surface area (Å²) in [6.07, 6.45) is 1.73. The van der Waals surface area contributed by atoms with Crippen LogP contribution in [0, 0.1) is 0 Å². The zero-order chi connectivity index (χ0) is 10.9. The first-order chi connectivity index (χ1) is 6.32. The van der Waals surface area contributed by atoms with E-state index in [1.165, 1.54) is 0 Å². The van der Waals surface area contributed by atoms with Crippen molar-refractivity contribution in [3.8, 4) is 0 Å². The Labute approximate surface area is 83.6 Å². The first kappa shape index (κ1) is 10.8. The molecule has 0 saturated carbocycles. The van der Waals surface area contributed by atoms with Crippen LogP contribution in [0.5, 0.6) is 0 Å². The van der Waals surface area contributed by atoms with Crippen LogP contribution in [0.1, 0.15) is 32.3 Å². The number of hydrogen-bond acceptors (Lipinski definition) is 2. The molecule has 1 rings (SSSR count). The maximum atomic E-state index is 10.5. The predicted octanol–water partition coefficient (Wildman–Crippen LogP) is 1.34. The summed E-state index contributed by atoms with van der Waals surface area (Å²) in [6.45, 7) is 6.23. The summed E-state index contributed by atoms with van der Waals surface area (Å²) in [6, 6.07) is 0. The molecule has 78 valence electrons. The number of hydrogen-bond donors (Lipinski definition) is 1. The summed E-state index contributed by atoms with van der Waals surface area (Å²) < 4.78 is 1.86. The van der Waals surface area contributed by atoms with Gasteiger partial charge in [-0.1, -0.05) is 20.8 Å². The molecular formula is C10H16N2O2. The molecule has 0 aliphatic carbocycles. The quantitative estimate of drug-likeness (QED) is 0.776. The highest BCUT2D eigenvalue weighted by molar-refractivity contribution is 5.69. The molecule has 0 spiro atoms. The smallest absolute Gasteiger partial charge is 0.311 e. The van der Waals surface area contributed by atoms with Gasteiger partial charge in [-0.15, -0.1) is 0 Å². The average molecular weight is 196 g/mol. The number of carbonyl (C=O) groups is 1. The molecule has 0 radical (unpaired) electrons. The second-order valence-electron chi connectivity index (χ2n) is 4.44. The zero-order valence-corrected chi connectivity index (χ0v) is 9.03. The third kappa shape index (κ3) is 2.13. The minimum absolute atomic E-state index is 0.00148. The molecule has 1 heterocycles. The van der Waals surface area contributed by atoms with Gasteiger partial charge in [-0.05, 0) is 0 Å². The Morgan fingerprint density at radius 1 is 1.57 bits per heavy atom. The number of carboxylic acids is 1. The molecule has 1 aromatic rings. The van der Waals surface area contributed by atoms with Crippen LogP contribution in [-0.4, -0.2) is 20.6 Å². The SMILES string of the molecule is Cn1c(C(C)(C)C)cnc1CC(=O)O. The molecule has 1 N–H and O–H groups in total. The van der Waals surface area contributed by atoms with Gasteiger partial charge in [0.15, 0.2) is 0 Å². The molecule has 0 amide bonds. The molecule has 1 aromatic heterocycles. The van der Waals surface area contributed by atoms with Gasteiger partial charge in [0.2, 0.25) is 0 Å². The fraction of sp³-hybridized carbons (Fsp3) is 0.600. The molecule has 0 unspecified atom stereocenters. The third-order valence-electron chi connectivity index (χ3n) is 2.16. The maximum absolute atomic E-state index is 10.5. The van der Waals surface area contributed by atoms with Crippen molar-refractivity contribution < 1.29 is 9.90 Å². The van der Waals surface area contributed by atoms with E-state index in [-0.39, 0.29) is 11.8 Å². The van der Waals surface area contributed by atoms with Gasteiger partial charge in [-0.25, -0.2) is 4.98 Å². The van der Waals surface area contributed by atoms with E-state index < -0.39 is 5.97 Å². The van der Waals surface area contributed by atoms with Crippen molar-refractivity contribution >= 4 is 5.97 Å². The lowest BCUT2D eigenvalue weighted by molar-refractivity contribution is -0.136. The van der Waals surface area contributed by atoms with Crippen molar-refractivity contribution in [3.05, 3.63) is 17.7 Å². The van der Waals surface area contributed by atoms with E-state index >= 15 is 0 Å². The molecule has 0 atom stereocenters. The molecule has 0 aliphatic heterocycles. The Kier molecular flexibility index (Phi) is 2.64. The summed E-state index contributed by atoms with van der Waals surface area (Å²) >= 11 is 0. The third-order valence-corrected chi connectivity index (χ3v) is 2.16. The van der Waals surface area contributed by atoms with Crippen LogP contribution < -0.4 is 0 Å². The van der Waals surface area contributed by atoms with E-state index in [1.54, 1.807) is 6.20 Å². The molecule has 0 aliphatic rings. The normalized spacial score (nSPS) is 11.7. The number of imidazole rings is 1. The summed E-state index contributed by atoms with van der Waals surface area (Å²) in [7, 11) is 1.85. The van der Waals surface area contributed by atoms with E-state index in [2.05, 4.69) is 25.8 Å². The largest absolute Gasteiger partial charge is 0.481 e. The first-order valence-electron chi connectivity index (χ1n) is 4.55. The lowest BCUT2D eigenvalue weighted by Gasteiger charge is -2.19. The molecule has 0 saturated heterocycles. The minimum Gasteiger partial charge on any atom is -0.481 e. The summed E-state index contributed by atoms with van der Waals surface area (Å²) in [4.78, 5) is 14.6. The van der Waals surface area contributed by atoms with Crippen LogP contribution in [0.2, 0.25) is 0 Å². The van der Waals surface area contributed by atoms with E-state index in [9.17, 15) is 4.79 Å². The number of rotatable bonds is 2. The summed E-state index contributed by atoms with van der Waals surface area (Å²) in [5.41, 5.74) is 1.05. The predicted molar refractivity (Wildman–Crippen MR) is 53.2 cm³/mol. The molecule has 4 nitrogen and oxygen atoms in total. The standard InChI is InChI=1S/C10H16N2O2/c1-10(2,3)7-6-11-8(12(7)4)5-9(13)14/h6H,5H2,1-4H3,(H,13,14). The molecule has 0 bridgehead atoms. The van der Waals surface area contributed by atoms with Crippen molar-refractivity contribution in [3.63, 3.8) is 0 Å². The van der Waals surface area contributed by atoms with Crippen LogP contribution in [0.25, 0.3) is 0 Å². The first-order valence-corrected chi connectivity index (χ1v) is 4.55. The van der Waals surface area contributed by atoms with E-state index in [4.69, 9.17) is 5.11 Å². The van der Waals surface area contributed by atoms with Crippen molar-refractivity contribution in [1.29, 1.82) is 0 Å². The Hall–Kier alpha value is -1.32. The average Bonchev–Trinajstić information content (AvgIpc) is 2.30. The second kappa shape index (κ2) is 3.44. The van der Waals surface area contributed by atoms with Crippen LogP contribution >= 0.6 is 0 Å². The Balaban J connectivity index is 3.03. The number of aromatic nitrogens is 2. The van der Waals surface area contributed by atoms with Gasteiger partial charge in [0, 0.05) is 24.4 Å². The highest BCUT2D eigenvalue weighted by Gasteiger charge is 2.20. The van der Waals surface area contributed by atoms with Gasteiger partial charge in [-0.2, -0.15) is 0 Å². The van der Waals surface area contributed by atoms with Gasteiger partial charge < -0.3 is 9.67 Å². The van der Waals surface area contributed by atoms with Crippen molar-refractivity contribution in [2.75, 3.05) is 0 Å². The highest BCUT2D eigenvalue weighted by atomic mass is 16.4. The molecular weight excluding hydrogens is 180 g/mol. The maximum Gasteiger partial charge on any atom is 0.311 e. The van der Waals surface area contributed by atoms with E-state index in [0.29, 0.717) is 5.82 Å². The van der Waals surface area contributed by atoms with Gasteiger partial charge in [-0.3, -0.25) is 4.79 Å². The Morgan fingerprint density at radius 3 is 2.50 bits per heavy atom. The van der Waals surface area contributed by atoms with Gasteiger partial charge in [0.1, 0.15) is 12.2 Å². The van der Waals surface area contributed by atoms with E-state index in [1.807, 2.05) is 11.6 Å². The fourth-order valence-electron chi connectivity index (χ4n) is 1.44.